The second kappa shape index (κ2) is 8.00. The number of carboxylic acids is 1. The van der Waals surface area contributed by atoms with Gasteiger partial charge >= 0.3 is 5.97 Å². The SMILES string of the molecule is CCC(N)CSCCOc1cccc(C(=O)O)c1. The second-order valence-corrected chi connectivity index (χ2v) is 5.07. The zero-order valence-corrected chi connectivity index (χ0v) is 11.3. The minimum Gasteiger partial charge on any atom is -0.493 e. The van der Waals surface area contributed by atoms with E-state index in [2.05, 4.69) is 6.92 Å². The molecule has 1 aromatic rings. The predicted octanol–water partition coefficient (Wildman–Crippen LogP) is 2.23. The van der Waals surface area contributed by atoms with Gasteiger partial charge in [0.05, 0.1) is 12.2 Å². The van der Waals surface area contributed by atoms with Crippen LogP contribution in [0.15, 0.2) is 24.3 Å². The van der Waals surface area contributed by atoms with E-state index in [0.717, 1.165) is 17.9 Å². The Labute approximate surface area is 112 Å². The van der Waals surface area contributed by atoms with Crippen molar-refractivity contribution in [1.82, 2.24) is 0 Å². The molecule has 0 bridgehead atoms. The van der Waals surface area contributed by atoms with Crippen LogP contribution in [0.1, 0.15) is 23.7 Å². The van der Waals surface area contributed by atoms with Gasteiger partial charge in [-0.3, -0.25) is 0 Å². The Bertz CT molecular complexity index is 384. The molecule has 0 aliphatic heterocycles. The molecule has 0 aromatic heterocycles. The Morgan fingerprint density at radius 3 is 3.00 bits per heavy atom. The molecule has 0 radical (unpaired) electrons. The largest absolute Gasteiger partial charge is 0.493 e. The van der Waals surface area contributed by atoms with Crippen molar-refractivity contribution in [1.29, 1.82) is 0 Å². The van der Waals surface area contributed by atoms with Crippen LogP contribution in [0.2, 0.25) is 0 Å². The first-order valence-electron chi connectivity index (χ1n) is 5.93. The molecule has 1 unspecified atom stereocenters. The van der Waals surface area contributed by atoms with E-state index in [1.165, 1.54) is 6.07 Å². The first kappa shape index (κ1) is 14.9. The van der Waals surface area contributed by atoms with Gasteiger partial charge in [-0.2, -0.15) is 11.8 Å². The molecule has 0 saturated carbocycles. The molecule has 4 nitrogen and oxygen atoms in total. The normalized spacial score (nSPS) is 12.1. The summed E-state index contributed by atoms with van der Waals surface area (Å²) in [5.74, 6) is 1.43. The van der Waals surface area contributed by atoms with Crippen molar-refractivity contribution in [2.24, 2.45) is 5.73 Å². The van der Waals surface area contributed by atoms with Crippen molar-refractivity contribution in [3.8, 4) is 5.75 Å². The van der Waals surface area contributed by atoms with Crippen molar-refractivity contribution < 1.29 is 14.6 Å². The molecule has 18 heavy (non-hydrogen) atoms. The van der Waals surface area contributed by atoms with E-state index >= 15 is 0 Å². The molecular formula is C13H19NO3S. The Kier molecular flexibility index (Phi) is 6.60. The third-order valence-electron chi connectivity index (χ3n) is 2.43. The molecule has 1 rings (SSSR count). The van der Waals surface area contributed by atoms with E-state index in [9.17, 15) is 4.79 Å². The lowest BCUT2D eigenvalue weighted by Crippen LogP contribution is -2.21. The van der Waals surface area contributed by atoms with Crippen molar-refractivity contribution in [3.63, 3.8) is 0 Å². The van der Waals surface area contributed by atoms with E-state index in [1.807, 2.05) is 0 Å². The average molecular weight is 269 g/mol. The molecule has 3 N–H and O–H groups in total. The molecule has 0 spiro atoms. The van der Waals surface area contributed by atoms with Crippen molar-refractivity contribution in [2.45, 2.75) is 19.4 Å². The number of nitrogens with two attached hydrogens (primary N) is 1. The number of thioether (sulfide) groups is 1. The first-order valence-corrected chi connectivity index (χ1v) is 7.08. The van der Waals surface area contributed by atoms with E-state index in [1.54, 1.807) is 30.0 Å². The summed E-state index contributed by atoms with van der Waals surface area (Å²) in [5.41, 5.74) is 6.04. The zero-order chi connectivity index (χ0) is 13.4. The minimum atomic E-state index is -0.941. The first-order chi connectivity index (χ1) is 8.63. The highest BCUT2D eigenvalue weighted by molar-refractivity contribution is 7.99. The number of carbonyl (C=O) groups is 1. The van der Waals surface area contributed by atoms with Gasteiger partial charge in [-0.25, -0.2) is 4.79 Å². The van der Waals surface area contributed by atoms with Gasteiger partial charge in [-0.05, 0) is 24.6 Å². The molecule has 5 heteroatoms. The fourth-order valence-electron chi connectivity index (χ4n) is 1.29. The predicted molar refractivity (Wildman–Crippen MR) is 74.5 cm³/mol. The molecule has 0 amide bonds. The maximum Gasteiger partial charge on any atom is 0.335 e. The number of ether oxygens (including phenoxy) is 1. The Morgan fingerprint density at radius 2 is 2.33 bits per heavy atom. The fourth-order valence-corrected chi connectivity index (χ4v) is 2.20. The summed E-state index contributed by atoms with van der Waals surface area (Å²) in [7, 11) is 0. The number of hydrogen-bond acceptors (Lipinski definition) is 4. The third-order valence-corrected chi connectivity index (χ3v) is 3.55. The summed E-state index contributed by atoms with van der Waals surface area (Å²) >= 11 is 1.75. The third kappa shape index (κ3) is 5.42. The summed E-state index contributed by atoms with van der Waals surface area (Å²) in [4.78, 5) is 10.8. The molecule has 100 valence electrons. The van der Waals surface area contributed by atoms with E-state index < -0.39 is 5.97 Å². The number of rotatable bonds is 8. The van der Waals surface area contributed by atoms with Crippen molar-refractivity contribution in [3.05, 3.63) is 29.8 Å². The average Bonchev–Trinajstić information content (AvgIpc) is 2.38. The Morgan fingerprint density at radius 1 is 1.56 bits per heavy atom. The molecule has 1 atom stereocenters. The van der Waals surface area contributed by atoms with E-state index in [4.69, 9.17) is 15.6 Å². The van der Waals surface area contributed by atoms with Gasteiger partial charge in [0.1, 0.15) is 5.75 Å². The summed E-state index contributed by atoms with van der Waals surface area (Å²) in [5, 5.41) is 8.83. The number of benzene rings is 1. The summed E-state index contributed by atoms with van der Waals surface area (Å²) in [6, 6.07) is 6.76. The van der Waals surface area contributed by atoms with Crippen LogP contribution in [0.3, 0.4) is 0 Å². The topological polar surface area (TPSA) is 72.5 Å². The quantitative estimate of drug-likeness (QED) is 0.708. The fraction of sp³-hybridized carbons (Fsp3) is 0.462. The lowest BCUT2D eigenvalue weighted by molar-refractivity contribution is 0.0696. The van der Waals surface area contributed by atoms with Crippen LogP contribution in [-0.2, 0) is 0 Å². The van der Waals surface area contributed by atoms with Gasteiger partial charge in [-0.15, -0.1) is 0 Å². The molecule has 1 aromatic carbocycles. The standard InChI is InChI=1S/C13H19NO3S/c1-2-11(14)9-18-7-6-17-12-5-3-4-10(8-12)13(15)16/h3-5,8,11H,2,6-7,9,14H2,1H3,(H,15,16). The highest BCUT2D eigenvalue weighted by Crippen LogP contribution is 2.14. The van der Waals surface area contributed by atoms with Crippen LogP contribution in [0.25, 0.3) is 0 Å². The van der Waals surface area contributed by atoms with Crippen molar-refractivity contribution >= 4 is 17.7 Å². The molecule has 0 heterocycles. The lowest BCUT2D eigenvalue weighted by Gasteiger charge is -2.09. The van der Waals surface area contributed by atoms with Crippen molar-refractivity contribution in [2.75, 3.05) is 18.1 Å². The van der Waals surface area contributed by atoms with Gasteiger partial charge in [0.25, 0.3) is 0 Å². The van der Waals surface area contributed by atoms with Crippen LogP contribution >= 0.6 is 11.8 Å². The monoisotopic (exact) mass is 269 g/mol. The highest BCUT2D eigenvalue weighted by Gasteiger charge is 2.04. The zero-order valence-electron chi connectivity index (χ0n) is 10.5. The number of hydrogen-bond donors (Lipinski definition) is 2. The maximum absolute atomic E-state index is 10.8. The summed E-state index contributed by atoms with van der Waals surface area (Å²) in [6.45, 7) is 2.63. The molecule has 0 fully saturated rings. The lowest BCUT2D eigenvalue weighted by atomic mass is 10.2. The summed E-state index contributed by atoms with van der Waals surface area (Å²) in [6.07, 6.45) is 0.981. The molecule has 0 saturated heterocycles. The van der Waals surface area contributed by atoms with Crippen LogP contribution in [0.4, 0.5) is 0 Å². The maximum atomic E-state index is 10.8. The second-order valence-electron chi connectivity index (χ2n) is 3.92. The van der Waals surface area contributed by atoms with Gasteiger partial charge in [0, 0.05) is 17.5 Å². The van der Waals surface area contributed by atoms with E-state index in [-0.39, 0.29) is 11.6 Å². The van der Waals surface area contributed by atoms with Crippen LogP contribution in [0, 0.1) is 0 Å². The van der Waals surface area contributed by atoms with Gasteiger partial charge in [0.15, 0.2) is 0 Å². The smallest absolute Gasteiger partial charge is 0.335 e. The minimum absolute atomic E-state index is 0.241. The van der Waals surface area contributed by atoms with Gasteiger partial charge in [-0.1, -0.05) is 13.0 Å². The van der Waals surface area contributed by atoms with E-state index in [0.29, 0.717) is 12.4 Å². The van der Waals surface area contributed by atoms with Crippen LogP contribution in [0.5, 0.6) is 5.75 Å². The Hall–Kier alpha value is -1.20. The van der Waals surface area contributed by atoms with Gasteiger partial charge in [0.2, 0.25) is 0 Å². The molecular weight excluding hydrogens is 250 g/mol. The Balaban J connectivity index is 2.27. The van der Waals surface area contributed by atoms with Crippen LogP contribution in [-0.4, -0.2) is 35.2 Å². The molecule has 0 aliphatic carbocycles. The summed E-state index contributed by atoms with van der Waals surface area (Å²) < 4.78 is 5.49. The van der Waals surface area contributed by atoms with Gasteiger partial charge < -0.3 is 15.6 Å². The number of aromatic carboxylic acids is 1. The molecule has 0 aliphatic rings. The highest BCUT2D eigenvalue weighted by atomic mass is 32.2. The number of carboxylic acid groups (broad SMARTS) is 1. The van der Waals surface area contributed by atoms with Crippen LogP contribution < -0.4 is 10.5 Å².